The van der Waals surface area contributed by atoms with Crippen LogP contribution in [0.15, 0.2) is 36.8 Å². The number of hydrogen-bond acceptors (Lipinski definition) is 7. The van der Waals surface area contributed by atoms with Gasteiger partial charge >= 0.3 is 18.3 Å². The van der Waals surface area contributed by atoms with E-state index in [-0.39, 0.29) is 48.5 Å². The van der Waals surface area contributed by atoms with Crippen LogP contribution in [-0.2, 0) is 17.1 Å². The van der Waals surface area contributed by atoms with Gasteiger partial charge in [0.25, 0.3) is 5.95 Å². The average Bonchev–Trinajstić information content (AvgIpc) is 3.49. The Morgan fingerprint density at radius 3 is 2.37 bits per heavy atom. The lowest BCUT2D eigenvalue weighted by molar-refractivity contribution is -0.142. The van der Waals surface area contributed by atoms with Crippen molar-refractivity contribution in [1.29, 1.82) is 0 Å². The van der Waals surface area contributed by atoms with Crippen molar-refractivity contribution < 1.29 is 40.6 Å². The van der Waals surface area contributed by atoms with Crippen LogP contribution in [0.2, 0.25) is 0 Å². The van der Waals surface area contributed by atoms with Gasteiger partial charge in [-0.25, -0.2) is 14.5 Å². The van der Waals surface area contributed by atoms with Crippen molar-refractivity contribution in [3.63, 3.8) is 0 Å². The third-order valence-corrected chi connectivity index (χ3v) is 5.39. The summed E-state index contributed by atoms with van der Waals surface area (Å²) in [7, 11) is 1.24. The average molecular weight is 562 g/mol. The molecule has 0 aliphatic carbocycles. The highest BCUT2D eigenvalue weighted by atomic mass is 32.1. The summed E-state index contributed by atoms with van der Waals surface area (Å²) >= 11 is 0. The summed E-state index contributed by atoms with van der Waals surface area (Å²) in [6.45, 7) is 3.06. The van der Waals surface area contributed by atoms with Crippen molar-refractivity contribution in [3.05, 3.63) is 59.0 Å². The number of ether oxygens (including phenoxy) is 2. The third kappa shape index (κ3) is 5.39. The second-order valence-corrected chi connectivity index (χ2v) is 7.72. The van der Waals surface area contributed by atoms with Crippen LogP contribution < -0.4 is 4.74 Å². The highest BCUT2D eigenvalue weighted by molar-refractivity contribution is 7.59. The Hall–Kier alpha value is -3.82. The van der Waals surface area contributed by atoms with Gasteiger partial charge in [-0.1, -0.05) is 0 Å². The van der Waals surface area contributed by atoms with Gasteiger partial charge in [-0.05, 0) is 37.6 Å². The van der Waals surface area contributed by atoms with E-state index in [9.17, 15) is 31.1 Å². The first kappa shape index (κ1) is 28.7. The lowest BCUT2D eigenvalue weighted by Gasteiger charge is -2.21. The standard InChI is InChI=1S/C22H18F6N6O3.H2S/c1-4-37-19(35)12-8-29-33(10-12)20-31-16-9-30-34(17(16)18(32-20)36-3)11(2)14-7-13(21(23,24)25)5-6-15(14)22(26,27)28;/h5-11H,4H2,1-3H3;1H2/t11-;/m0./s1. The van der Waals surface area contributed by atoms with Crippen LogP contribution in [0, 0.1) is 0 Å². The van der Waals surface area contributed by atoms with E-state index in [2.05, 4.69) is 20.2 Å². The smallest absolute Gasteiger partial charge is 0.416 e. The molecule has 0 aliphatic heterocycles. The molecule has 204 valence electrons. The summed E-state index contributed by atoms with van der Waals surface area (Å²) in [5.41, 5.74) is -2.84. The predicted molar refractivity (Wildman–Crippen MR) is 126 cm³/mol. The summed E-state index contributed by atoms with van der Waals surface area (Å²) in [6.07, 6.45) is -6.02. The Morgan fingerprint density at radius 1 is 1.05 bits per heavy atom. The first-order valence-electron chi connectivity index (χ1n) is 10.6. The van der Waals surface area contributed by atoms with Crippen LogP contribution in [0.3, 0.4) is 0 Å². The molecule has 0 amide bonds. The summed E-state index contributed by atoms with van der Waals surface area (Å²) in [6, 6.07) is -0.0981. The lowest BCUT2D eigenvalue weighted by Crippen LogP contribution is -2.18. The maximum absolute atomic E-state index is 13.7. The summed E-state index contributed by atoms with van der Waals surface area (Å²) in [4.78, 5) is 20.4. The second kappa shape index (κ2) is 10.5. The number of hydrogen-bond donors (Lipinski definition) is 0. The molecule has 3 heterocycles. The van der Waals surface area contributed by atoms with Crippen LogP contribution in [0.25, 0.3) is 17.0 Å². The van der Waals surface area contributed by atoms with Crippen molar-refractivity contribution in [2.75, 3.05) is 13.7 Å². The fourth-order valence-corrected chi connectivity index (χ4v) is 3.68. The van der Waals surface area contributed by atoms with Gasteiger partial charge in [0.2, 0.25) is 5.88 Å². The van der Waals surface area contributed by atoms with E-state index >= 15 is 0 Å². The number of fused-ring (bicyclic) bond motifs is 1. The molecular formula is C22H20F6N6O3S. The van der Waals surface area contributed by atoms with Crippen LogP contribution >= 0.6 is 13.5 Å². The first-order valence-corrected chi connectivity index (χ1v) is 10.6. The van der Waals surface area contributed by atoms with Gasteiger partial charge in [-0.3, -0.25) is 4.68 Å². The molecule has 0 aliphatic rings. The molecule has 9 nitrogen and oxygen atoms in total. The third-order valence-electron chi connectivity index (χ3n) is 5.39. The lowest BCUT2D eigenvalue weighted by atomic mass is 9.97. The van der Waals surface area contributed by atoms with Crippen molar-refractivity contribution in [2.24, 2.45) is 0 Å². The second-order valence-electron chi connectivity index (χ2n) is 7.72. The van der Waals surface area contributed by atoms with Crippen molar-refractivity contribution >= 4 is 30.5 Å². The minimum Gasteiger partial charge on any atom is -0.479 e. The monoisotopic (exact) mass is 562 g/mol. The molecule has 0 bridgehead atoms. The largest absolute Gasteiger partial charge is 0.479 e. The maximum Gasteiger partial charge on any atom is 0.416 e. The molecule has 4 rings (SSSR count). The highest BCUT2D eigenvalue weighted by Gasteiger charge is 2.38. The SMILES string of the molecule is CCOC(=O)c1cnn(-c2nc(OC)c3c(cnn3[C@@H](C)c3cc(C(F)(F)F)ccc3C(F)(F)F)n2)c1.S. The molecule has 38 heavy (non-hydrogen) atoms. The predicted octanol–water partition coefficient (Wildman–Crippen LogP) is 4.96. The molecule has 1 atom stereocenters. The highest BCUT2D eigenvalue weighted by Crippen LogP contribution is 2.40. The molecule has 0 spiro atoms. The van der Waals surface area contributed by atoms with Gasteiger partial charge in [0, 0.05) is 6.20 Å². The van der Waals surface area contributed by atoms with E-state index in [1.54, 1.807) is 6.92 Å². The number of methoxy groups -OCH3 is 1. The minimum absolute atomic E-state index is 0. The fourth-order valence-electron chi connectivity index (χ4n) is 3.68. The zero-order valence-corrected chi connectivity index (χ0v) is 20.9. The molecular weight excluding hydrogens is 542 g/mol. The zero-order valence-electron chi connectivity index (χ0n) is 19.9. The van der Waals surface area contributed by atoms with Gasteiger partial charge in [-0.15, -0.1) is 0 Å². The molecule has 0 unspecified atom stereocenters. The quantitative estimate of drug-likeness (QED) is 0.242. The Morgan fingerprint density at radius 2 is 1.76 bits per heavy atom. The van der Waals surface area contributed by atoms with Crippen molar-refractivity contribution in [1.82, 2.24) is 29.5 Å². The summed E-state index contributed by atoms with van der Waals surface area (Å²) in [5, 5.41) is 8.08. The maximum atomic E-state index is 13.7. The van der Waals surface area contributed by atoms with E-state index in [0.717, 1.165) is 9.36 Å². The number of carbonyl (C=O) groups excluding carboxylic acids is 1. The van der Waals surface area contributed by atoms with E-state index in [1.807, 2.05) is 0 Å². The Balaban J connectivity index is 0.00000400. The Kier molecular flexibility index (Phi) is 7.95. The van der Waals surface area contributed by atoms with Gasteiger partial charge in [0.05, 0.1) is 48.8 Å². The van der Waals surface area contributed by atoms with Gasteiger partial charge < -0.3 is 9.47 Å². The fraction of sp³-hybridized carbons (Fsp3) is 0.318. The number of rotatable bonds is 6. The summed E-state index contributed by atoms with van der Waals surface area (Å²) < 4.78 is 93.3. The number of aromatic nitrogens is 6. The minimum atomic E-state index is -4.92. The molecule has 0 fully saturated rings. The molecule has 0 saturated carbocycles. The van der Waals surface area contributed by atoms with Gasteiger partial charge in [0.15, 0.2) is 0 Å². The Bertz CT molecular complexity index is 1470. The number of alkyl halides is 6. The Labute approximate surface area is 217 Å². The number of nitrogens with zero attached hydrogens (tertiary/aromatic N) is 6. The molecule has 0 saturated heterocycles. The molecule has 0 N–H and O–H groups in total. The summed E-state index contributed by atoms with van der Waals surface area (Å²) in [5.74, 6) is -0.801. The number of benzene rings is 1. The number of esters is 1. The van der Waals surface area contributed by atoms with Crippen molar-refractivity contribution in [2.45, 2.75) is 32.2 Å². The number of carbonyl (C=O) groups is 1. The van der Waals surface area contributed by atoms with Crippen LogP contribution in [0.1, 0.15) is 46.9 Å². The topological polar surface area (TPSA) is 97.0 Å². The van der Waals surface area contributed by atoms with Crippen LogP contribution in [-0.4, -0.2) is 49.2 Å². The molecule has 1 aromatic carbocycles. The molecule has 0 radical (unpaired) electrons. The van der Waals surface area contributed by atoms with Crippen LogP contribution in [0.4, 0.5) is 26.3 Å². The van der Waals surface area contributed by atoms with E-state index in [0.29, 0.717) is 18.2 Å². The van der Waals surface area contributed by atoms with E-state index in [1.165, 1.54) is 32.6 Å². The van der Waals surface area contributed by atoms with E-state index in [4.69, 9.17) is 9.47 Å². The molecule has 4 aromatic rings. The van der Waals surface area contributed by atoms with Crippen LogP contribution in [0.5, 0.6) is 5.88 Å². The number of halogens is 6. The zero-order chi connectivity index (χ0) is 27.1. The van der Waals surface area contributed by atoms with E-state index < -0.39 is 41.1 Å². The first-order chi connectivity index (χ1) is 17.3. The molecule has 3 aromatic heterocycles. The van der Waals surface area contributed by atoms with Gasteiger partial charge in [-0.2, -0.15) is 55.0 Å². The van der Waals surface area contributed by atoms with Crippen molar-refractivity contribution in [3.8, 4) is 11.8 Å². The van der Waals surface area contributed by atoms with Gasteiger partial charge in [0.1, 0.15) is 11.0 Å². The normalized spacial score (nSPS) is 12.8. The molecule has 16 heteroatoms.